The van der Waals surface area contributed by atoms with Crippen LogP contribution >= 0.6 is 0 Å². The van der Waals surface area contributed by atoms with Gasteiger partial charge in [0.1, 0.15) is 29.6 Å². The molecule has 0 saturated carbocycles. The van der Waals surface area contributed by atoms with Crippen LogP contribution in [-0.4, -0.2) is 44.4 Å². The summed E-state index contributed by atoms with van der Waals surface area (Å²) in [7, 11) is 0. The van der Waals surface area contributed by atoms with Crippen molar-refractivity contribution in [3.63, 3.8) is 0 Å². The van der Waals surface area contributed by atoms with Gasteiger partial charge in [0.05, 0.1) is 12.7 Å². The number of hydrogen-bond donors (Lipinski definition) is 2. The average molecular weight is 363 g/mol. The van der Waals surface area contributed by atoms with Crippen molar-refractivity contribution in [1.82, 2.24) is 25.1 Å². The number of amides is 1. The standard InChI is InChI=1S/C17H13N7O3/c25-17-24(5-6-27-17)11-3-1-10(2-4-11)20-16-14-12(7-19-23-14)21-15(22-16)13-8-26-9-18-13/h1-4,7-9H,5-6H2,(H,19,23)(H,20,21,22). The molecule has 1 aliphatic heterocycles. The molecular formula is C17H13N7O3. The predicted molar refractivity (Wildman–Crippen MR) is 95.6 cm³/mol. The van der Waals surface area contributed by atoms with E-state index in [1.54, 1.807) is 11.1 Å². The summed E-state index contributed by atoms with van der Waals surface area (Å²) in [5.74, 6) is 0.986. The number of nitrogens with zero attached hydrogens (tertiary/aromatic N) is 5. The normalized spacial score (nSPS) is 13.9. The van der Waals surface area contributed by atoms with Gasteiger partial charge in [0, 0.05) is 11.4 Å². The monoisotopic (exact) mass is 363 g/mol. The number of carbonyl (C=O) groups is 1. The molecule has 1 saturated heterocycles. The van der Waals surface area contributed by atoms with Crippen molar-refractivity contribution in [2.45, 2.75) is 0 Å². The number of benzene rings is 1. The van der Waals surface area contributed by atoms with E-state index in [4.69, 9.17) is 9.15 Å². The summed E-state index contributed by atoms with van der Waals surface area (Å²) in [6.45, 7) is 0.954. The molecule has 0 spiro atoms. The molecule has 134 valence electrons. The Morgan fingerprint density at radius 3 is 2.81 bits per heavy atom. The Bertz CT molecular complexity index is 1110. The van der Waals surface area contributed by atoms with Gasteiger partial charge < -0.3 is 14.5 Å². The quantitative estimate of drug-likeness (QED) is 0.567. The number of fused-ring (bicyclic) bond motifs is 1. The van der Waals surface area contributed by atoms with Gasteiger partial charge in [-0.2, -0.15) is 5.10 Å². The molecule has 0 atom stereocenters. The molecule has 27 heavy (non-hydrogen) atoms. The second-order valence-electron chi connectivity index (χ2n) is 5.84. The molecular weight excluding hydrogens is 350 g/mol. The highest BCUT2D eigenvalue weighted by atomic mass is 16.6. The van der Waals surface area contributed by atoms with Crippen LogP contribution in [0.15, 0.2) is 47.5 Å². The van der Waals surface area contributed by atoms with Crippen LogP contribution in [0.3, 0.4) is 0 Å². The van der Waals surface area contributed by atoms with Gasteiger partial charge >= 0.3 is 6.09 Å². The number of H-pyrrole nitrogens is 1. The molecule has 4 aromatic rings. The van der Waals surface area contributed by atoms with Crippen molar-refractivity contribution >= 4 is 34.3 Å². The fourth-order valence-corrected chi connectivity index (χ4v) is 2.86. The van der Waals surface area contributed by atoms with Crippen molar-refractivity contribution in [1.29, 1.82) is 0 Å². The van der Waals surface area contributed by atoms with E-state index in [1.807, 2.05) is 24.3 Å². The van der Waals surface area contributed by atoms with Gasteiger partial charge in [0.15, 0.2) is 18.0 Å². The largest absolute Gasteiger partial charge is 0.451 e. The molecule has 0 unspecified atom stereocenters. The third kappa shape index (κ3) is 2.72. The smallest absolute Gasteiger partial charge is 0.414 e. The van der Waals surface area contributed by atoms with Crippen molar-refractivity contribution < 1.29 is 13.9 Å². The van der Waals surface area contributed by atoms with Gasteiger partial charge in [-0.25, -0.2) is 19.7 Å². The van der Waals surface area contributed by atoms with Crippen LogP contribution in [0.5, 0.6) is 0 Å². The molecule has 3 aromatic heterocycles. The van der Waals surface area contributed by atoms with Gasteiger partial charge in [-0.15, -0.1) is 0 Å². The van der Waals surface area contributed by atoms with E-state index < -0.39 is 0 Å². The highest BCUT2D eigenvalue weighted by molar-refractivity contribution is 5.90. The maximum atomic E-state index is 11.7. The number of anilines is 3. The minimum absolute atomic E-state index is 0.331. The number of ether oxygens (including phenoxy) is 1. The summed E-state index contributed by atoms with van der Waals surface area (Å²) in [6, 6.07) is 7.42. The first-order valence-electron chi connectivity index (χ1n) is 8.19. The molecule has 1 fully saturated rings. The average Bonchev–Trinajstić information content (AvgIpc) is 3.44. The first-order valence-corrected chi connectivity index (χ1v) is 8.19. The fourth-order valence-electron chi connectivity index (χ4n) is 2.86. The predicted octanol–water partition coefficient (Wildman–Crippen LogP) is 2.71. The Hall–Kier alpha value is -3.95. The number of nitrogens with one attached hydrogen (secondary N) is 2. The summed E-state index contributed by atoms with van der Waals surface area (Å²) < 4.78 is 9.98. The molecule has 2 N–H and O–H groups in total. The lowest BCUT2D eigenvalue weighted by atomic mass is 10.2. The van der Waals surface area contributed by atoms with Crippen LogP contribution < -0.4 is 10.2 Å². The Morgan fingerprint density at radius 1 is 1.19 bits per heavy atom. The molecule has 1 aliphatic rings. The fraction of sp³-hybridized carbons (Fsp3) is 0.118. The lowest BCUT2D eigenvalue weighted by Gasteiger charge is -2.13. The van der Waals surface area contributed by atoms with E-state index in [1.165, 1.54) is 12.7 Å². The SMILES string of the molecule is O=C1OCCN1c1ccc(Nc2nc(-c3cocn3)nc3cn[nH]c23)cc1. The second kappa shape index (κ2) is 6.09. The molecule has 0 radical (unpaired) electrons. The van der Waals surface area contributed by atoms with Crippen LogP contribution in [0.4, 0.5) is 22.0 Å². The third-order valence-electron chi connectivity index (χ3n) is 4.16. The highest BCUT2D eigenvalue weighted by Crippen LogP contribution is 2.27. The first kappa shape index (κ1) is 15.3. The minimum Gasteiger partial charge on any atom is -0.451 e. The molecule has 0 bridgehead atoms. The molecule has 5 rings (SSSR count). The number of cyclic esters (lactones) is 1. The summed E-state index contributed by atoms with van der Waals surface area (Å²) in [4.78, 5) is 26.3. The number of carbonyl (C=O) groups excluding carboxylic acids is 1. The van der Waals surface area contributed by atoms with Crippen molar-refractivity contribution in [2.75, 3.05) is 23.4 Å². The number of aromatic amines is 1. The van der Waals surface area contributed by atoms with Crippen LogP contribution in [0.1, 0.15) is 0 Å². The van der Waals surface area contributed by atoms with Gasteiger partial charge in [-0.3, -0.25) is 10.00 Å². The van der Waals surface area contributed by atoms with Crippen LogP contribution in [-0.2, 0) is 4.74 Å². The van der Waals surface area contributed by atoms with E-state index in [9.17, 15) is 4.79 Å². The molecule has 10 nitrogen and oxygen atoms in total. The number of hydrogen-bond acceptors (Lipinski definition) is 8. The zero-order chi connectivity index (χ0) is 18.2. The van der Waals surface area contributed by atoms with Gasteiger partial charge in [-0.05, 0) is 24.3 Å². The Kier molecular flexibility index (Phi) is 3.46. The Morgan fingerprint density at radius 2 is 2.07 bits per heavy atom. The molecule has 0 aliphatic carbocycles. The zero-order valence-electron chi connectivity index (χ0n) is 13.9. The Balaban J connectivity index is 1.47. The maximum Gasteiger partial charge on any atom is 0.414 e. The van der Waals surface area contributed by atoms with E-state index in [-0.39, 0.29) is 6.09 Å². The van der Waals surface area contributed by atoms with Crippen LogP contribution in [0.25, 0.3) is 22.6 Å². The molecule has 1 amide bonds. The van der Waals surface area contributed by atoms with E-state index in [2.05, 4.69) is 30.5 Å². The summed E-state index contributed by atoms with van der Waals surface area (Å²) >= 11 is 0. The van der Waals surface area contributed by atoms with E-state index in [0.717, 1.165) is 11.4 Å². The lowest BCUT2D eigenvalue weighted by Crippen LogP contribution is -2.23. The second-order valence-corrected chi connectivity index (χ2v) is 5.84. The number of aromatic nitrogens is 5. The topological polar surface area (TPSA) is 122 Å². The van der Waals surface area contributed by atoms with Gasteiger partial charge in [0.25, 0.3) is 0 Å². The third-order valence-corrected chi connectivity index (χ3v) is 4.16. The van der Waals surface area contributed by atoms with Crippen molar-refractivity contribution in [3.8, 4) is 11.5 Å². The summed E-state index contributed by atoms with van der Waals surface area (Å²) in [6.07, 6.45) is 4.10. The Labute approximate surface area is 152 Å². The van der Waals surface area contributed by atoms with Crippen LogP contribution in [0, 0.1) is 0 Å². The molecule has 10 heteroatoms. The van der Waals surface area contributed by atoms with Gasteiger partial charge in [0.2, 0.25) is 0 Å². The summed E-state index contributed by atoms with van der Waals surface area (Å²) in [5, 5.41) is 10.2. The van der Waals surface area contributed by atoms with Crippen LogP contribution in [0.2, 0.25) is 0 Å². The first-order chi connectivity index (χ1) is 13.3. The highest BCUT2D eigenvalue weighted by Gasteiger charge is 2.23. The minimum atomic E-state index is -0.331. The number of rotatable bonds is 4. The maximum absolute atomic E-state index is 11.7. The zero-order valence-corrected chi connectivity index (χ0v) is 13.9. The van der Waals surface area contributed by atoms with E-state index >= 15 is 0 Å². The summed E-state index contributed by atoms with van der Waals surface area (Å²) in [5.41, 5.74) is 3.44. The molecule has 1 aromatic carbocycles. The van der Waals surface area contributed by atoms with Crippen molar-refractivity contribution in [3.05, 3.63) is 43.1 Å². The van der Waals surface area contributed by atoms with Gasteiger partial charge in [-0.1, -0.05) is 0 Å². The van der Waals surface area contributed by atoms with E-state index in [0.29, 0.717) is 41.5 Å². The lowest BCUT2D eigenvalue weighted by molar-refractivity contribution is 0.181. The van der Waals surface area contributed by atoms with Crippen molar-refractivity contribution in [2.24, 2.45) is 0 Å². The molecule has 4 heterocycles. The number of oxazole rings is 1.